The van der Waals surface area contributed by atoms with Crippen LogP contribution in [0.1, 0.15) is 27.3 Å². The number of anilines is 1. The summed E-state index contributed by atoms with van der Waals surface area (Å²) < 4.78 is 49.0. The van der Waals surface area contributed by atoms with E-state index in [2.05, 4.69) is 20.5 Å². The number of nitrogens with zero attached hydrogens (tertiary/aromatic N) is 5. The Hall–Kier alpha value is -4.67. The maximum Gasteiger partial charge on any atom is 0.433 e. The third-order valence-corrected chi connectivity index (χ3v) is 5.65. The Kier molecular flexibility index (Phi) is 6.12. The van der Waals surface area contributed by atoms with Gasteiger partial charge in [0, 0.05) is 17.8 Å². The number of alkyl halides is 3. The number of carbonyl (C=O) groups excluding carboxylic acids is 1. The molecule has 0 fully saturated rings. The molecular formula is C26H21F3N6O2. The monoisotopic (exact) mass is 506 g/mol. The smallest absolute Gasteiger partial charge is 0.433 e. The zero-order chi connectivity index (χ0) is 26.2. The number of amides is 1. The van der Waals surface area contributed by atoms with Crippen molar-refractivity contribution in [1.82, 2.24) is 24.4 Å². The van der Waals surface area contributed by atoms with E-state index in [4.69, 9.17) is 4.74 Å². The third-order valence-electron chi connectivity index (χ3n) is 5.65. The van der Waals surface area contributed by atoms with Crippen molar-refractivity contribution in [3.63, 3.8) is 0 Å². The standard InChI is InChI=1S/C26H21F3N6O2/c1-16-4-3-5-17(10-16)14-34-15-19(13-30-34)31-25(36)22-12-24-32-21(18-6-8-20(37-2)9-7-18)11-23(26(27,28)29)35(24)33-22/h3-13,15H,14H2,1-2H3,(H,31,36). The number of methoxy groups -OCH3 is 1. The Morgan fingerprint density at radius 2 is 1.86 bits per heavy atom. The van der Waals surface area contributed by atoms with Crippen molar-refractivity contribution in [1.29, 1.82) is 0 Å². The topological polar surface area (TPSA) is 86.3 Å². The number of carbonyl (C=O) groups is 1. The van der Waals surface area contributed by atoms with Crippen LogP contribution in [0.25, 0.3) is 16.9 Å². The maximum absolute atomic E-state index is 13.9. The van der Waals surface area contributed by atoms with Gasteiger partial charge < -0.3 is 10.1 Å². The first-order chi connectivity index (χ1) is 17.7. The lowest BCUT2D eigenvalue weighted by molar-refractivity contribution is -0.142. The Labute approximate surface area is 209 Å². The van der Waals surface area contributed by atoms with Crippen LogP contribution in [0.3, 0.4) is 0 Å². The Bertz CT molecular complexity index is 1590. The number of hydrogen-bond acceptors (Lipinski definition) is 5. The third kappa shape index (κ3) is 5.15. The Balaban J connectivity index is 1.42. The summed E-state index contributed by atoms with van der Waals surface area (Å²) in [4.78, 5) is 17.1. The molecule has 37 heavy (non-hydrogen) atoms. The summed E-state index contributed by atoms with van der Waals surface area (Å²) in [5.74, 6) is -0.119. The minimum absolute atomic E-state index is 0.0896. The summed E-state index contributed by atoms with van der Waals surface area (Å²) in [5.41, 5.74) is 1.73. The molecule has 0 saturated heterocycles. The van der Waals surface area contributed by atoms with Crippen LogP contribution in [-0.2, 0) is 12.7 Å². The largest absolute Gasteiger partial charge is 0.497 e. The van der Waals surface area contributed by atoms with Gasteiger partial charge in [0.05, 0.1) is 31.2 Å². The predicted octanol–water partition coefficient (Wildman–Crippen LogP) is 5.23. The van der Waals surface area contributed by atoms with Gasteiger partial charge >= 0.3 is 6.18 Å². The molecule has 188 valence electrons. The summed E-state index contributed by atoms with van der Waals surface area (Å²) in [5, 5.41) is 10.8. The predicted molar refractivity (Wildman–Crippen MR) is 130 cm³/mol. The van der Waals surface area contributed by atoms with E-state index < -0.39 is 17.8 Å². The zero-order valence-corrected chi connectivity index (χ0v) is 19.8. The highest BCUT2D eigenvalue weighted by atomic mass is 19.4. The number of rotatable bonds is 6. The van der Waals surface area contributed by atoms with Gasteiger partial charge in [0.1, 0.15) is 5.75 Å². The number of benzene rings is 2. The molecular weight excluding hydrogens is 485 g/mol. The molecule has 0 atom stereocenters. The summed E-state index contributed by atoms with van der Waals surface area (Å²) in [6, 6.07) is 16.5. The summed E-state index contributed by atoms with van der Waals surface area (Å²) in [7, 11) is 1.50. The van der Waals surface area contributed by atoms with Gasteiger partial charge in [-0.15, -0.1) is 0 Å². The second kappa shape index (κ2) is 9.41. The van der Waals surface area contributed by atoms with E-state index in [1.807, 2.05) is 31.2 Å². The highest BCUT2D eigenvalue weighted by Gasteiger charge is 2.35. The van der Waals surface area contributed by atoms with Gasteiger partial charge in [-0.3, -0.25) is 9.48 Å². The van der Waals surface area contributed by atoms with Crippen LogP contribution < -0.4 is 10.1 Å². The van der Waals surface area contributed by atoms with Gasteiger partial charge in [-0.2, -0.15) is 23.4 Å². The minimum atomic E-state index is -4.72. The van der Waals surface area contributed by atoms with Crippen molar-refractivity contribution >= 4 is 17.2 Å². The molecule has 0 saturated carbocycles. The number of aryl methyl sites for hydroxylation is 1. The molecule has 8 nitrogen and oxygen atoms in total. The molecule has 1 N–H and O–H groups in total. The zero-order valence-electron chi connectivity index (χ0n) is 19.8. The molecule has 11 heteroatoms. The summed E-state index contributed by atoms with van der Waals surface area (Å²) >= 11 is 0. The number of nitrogens with one attached hydrogen (secondary N) is 1. The van der Waals surface area contributed by atoms with E-state index in [1.54, 1.807) is 35.1 Å². The Morgan fingerprint density at radius 1 is 1.08 bits per heavy atom. The molecule has 0 aliphatic carbocycles. The molecule has 3 aromatic heterocycles. The number of halogens is 3. The lowest BCUT2D eigenvalue weighted by Crippen LogP contribution is -2.15. The lowest BCUT2D eigenvalue weighted by Gasteiger charge is -2.11. The summed E-state index contributed by atoms with van der Waals surface area (Å²) in [6.45, 7) is 2.49. The number of hydrogen-bond donors (Lipinski definition) is 1. The van der Waals surface area contributed by atoms with Crippen LogP contribution in [0, 0.1) is 6.92 Å². The van der Waals surface area contributed by atoms with E-state index >= 15 is 0 Å². The molecule has 0 spiro atoms. The van der Waals surface area contributed by atoms with E-state index in [9.17, 15) is 18.0 Å². The van der Waals surface area contributed by atoms with Crippen molar-refractivity contribution < 1.29 is 22.7 Å². The SMILES string of the molecule is COc1ccc(-c2cc(C(F)(F)F)n3nc(C(=O)Nc4cnn(Cc5cccc(C)c5)c4)cc3n2)cc1. The molecule has 0 unspecified atom stereocenters. The van der Waals surface area contributed by atoms with Crippen LogP contribution in [0.4, 0.5) is 18.9 Å². The maximum atomic E-state index is 13.9. The van der Waals surface area contributed by atoms with Gasteiger partial charge in [-0.25, -0.2) is 9.50 Å². The number of aromatic nitrogens is 5. The molecule has 2 aromatic carbocycles. The second-order valence-corrected chi connectivity index (χ2v) is 8.42. The average molecular weight is 506 g/mol. The van der Waals surface area contributed by atoms with Crippen molar-refractivity contribution in [2.75, 3.05) is 12.4 Å². The number of ether oxygens (including phenoxy) is 1. The molecule has 0 bridgehead atoms. The molecule has 0 aliphatic heterocycles. The van der Waals surface area contributed by atoms with Crippen LogP contribution in [0.15, 0.2) is 73.1 Å². The first-order valence-corrected chi connectivity index (χ1v) is 11.2. The van der Waals surface area contributed by atoms with Gasteiger partial charge in [0.15, 0.2) is 17.0 Å². The highest BCUT2D eigenvalue weighted by Crippen LogP contribution is 2.32. The highest BCUT2D eigenvalue weighted by molar-refractivity contribution is 6.03. The van der Waals surface area contributed by atoms with Crippen LogP contribution in [0.5, 0.6) is 5.75 Å². The quantitative estimate of drug-likeness (QED) is 0.341. The van der Waals surface area contributed by atoms with Gasteiger partial charge in [-0.05, 0) is 42.8 Å². The van der Waals surface area contributed by atoms with Crippen molar-refractivity contribution in [2.45, 2.75) is 19.6 Å². The molecule has 5 rings (SSSR count). The van der Waals surface area contributed by atoms with E-state index in [1.165, 1.54) is 19.4 Å². The molecule has 3 heterocycles. The fourth-order valence-corrected chi connectivity index (χ4v) is 3.90. The molecule has 0 aliphatic rings. The van der Waals surface area contributed by atoms with Crippen LogP contribution >= 0.6 is 0 Å². The van der Waals surface area contributed by atoms with Gasteiger partial charge in [0.25, 0.3) is 5.91 Å². The van der Waals surface area contributed by atoms with Crippen molar-refractivity contribution in [3.05, 3.63) is 95.6 Å². The fraction of sp³-hybridized carbons (Fsp3) is 0.154. The first-order valence-electron chi connectivity index (χ1n) is 11.2. The molecule has 0 radical (unpaired) electrons. The molecule has 1 amide bonds. The van der Waals surface area contributed by atoms with Crippen LogP contribution in [-0.4, -0.2) is 37.4 Å². The Morgan fingerprint density at radius 3 is 2.57 bits per heavy atom. The minimum Gasteiger partial charge on any atom is -0.497 e. The van der Waals surface area contributed by atoms with E-state index in [-0.39, 0.29) is 17.0 Å². The fourth-order valence-electron chi connectivity index (χ4n) is 3.90. The van der Waals surface area contributed by atoms with Gasteiger partial charge in [-0.1, -0.05) is 29.8 Å². The van der Waals surface area contributed by atoms with E-state index in [0.717, 1.165) is 17.2 Å². The van der Waals surface area contributed by atoms with Crippen molar-refractivity contribution in [2.24, 2.45) is 0 Å². The number of fused-ring (bicyclic) bond motifs is 1. The van der Waals surface area contributed by atoms with E-state index in [0.29, 0.717) is 28.1 Å². The normalized spacial score (nSPS) is 11.6. The summed E-state index contributed by atoms with van der Waals surface area (Å²) in [6.07, 6.45) is -1.62. The van der Waals surface area contributed by atoms with Crippen LogP contribution in [0.2, 0.25) is 0 Å². The second-order valence-electron chi connectivity index (χ2n) is 8.42. The van der Waals surface area contributed by atoms with Crippen molar-refractivity contribution in [3.8, 4) is 17.0 Å². The lowest BCUT2D eigenvalue weighted by atomic mass is 10.1. The average Bonchev–Trinajstić information content (AvgIpc) is 3.49. The first kappa shape index (κ1) is 24.0. The van der Waals surface area contributed by atoms with Gasteiger partial charge in [0.2, 0.25) is 0 Å². The molecule has 5 aromatic rings.